The van der Waals surface area contributed by atoms with Crippen LogP contribution in [-0.4, -0.2) is 41.9 Å². The van der Waals surface area contributed by atoms with Crippen LogP contribution >= 0.6 is 0 Å². The van der Waals surface area contributed by atoms with Gasteiger partial charge in [0, 0.05) is 46.9 Å². The van der Waals surface area contributed by atoms with Crippen LogP contribution in [0.1, 0.15) is 29.4 Å². The number of nitriles is 1. The SMILES string of the molecule is C=C/C(=C(\N=C(/C)Nc1cc(OC)cc(OC)c1)n1nc(C(F)(F)F)cc1C)c1cnc(OC)c(C#N)c1. The van der Waals surface area contributed by atoms with E-state index in [4.69, 9.17) is 14.2 Å². The molecule has 0 spiro atoms. The maximum absolute atomic E-state index is 13.5. The number of aliphatic imine (C=N–C) groups is 1. The molecule has 0 bridgehead atoms. The molecule has 9 nitrogen and oxygen atoms in total. The highest BCUT2D eigenvalue weighted by atomic mass is 19.4. The van der Waals surface area contributed by atoms with E-state index < -0.39 is 11.9 Å². The number of aromatic nitrogens is 3. The van der Waals surface area contributed by atoms with E-state index >= 15 is 0 Å². The summed E-state index contributed by atoms with van der Waals surface area (Å²) in [5, 5.41) is 16.4. The maximum atomic E-state index is 13.5. The summed E-state index contributed by atoms with van der Waals surface area (Å²) >= 11 is 0. The molecule has 0 fully saturated rings. The highest BCUT2D eigenvalue weighted by molar-refractivity contribution is 6.00. The minimum atomic E-state index is -4.67. The zero-order chi connectivity index (χ0) is 28.0. The van der Waals surface area contributed by atoms with Crippen molar-refractivity contribution in [3.8, 4) is 23.4 Å². The second-order valence-corrected chi connectivity index (χ2v) is 7.84. The number of amidine groups is 1. The first-order valence-corrected chi connectivity index (χ1v) is 11.0. The molecular weight excluding hydrogens is 501 g/mol. The van der Waals surface area contributed by atoms with Crippen LogP contribution in [0.15, 0.2) is 54.2 Å². The fraction of sp³-hybridized carbons (Fsp3) is 0.231. The molecule has 0 aliphatic carbocycles. The third kappa shape index (κ3) is 6.12. The average molecular weight is 527 g/mol. The van der Waals surface area contributed by atoms with Gasteiger partial charge in [-0.15, -0.1) is 0 Å². The van der Waals surface area contributed by atoms with Gasteiger partial charge in [-0.05, 0) is 26.0 Å². The lowest BCUT2D eigenvalue weighted by Gasteiger charge is -2.15. The first kappa shape index (κ1) is 27.8. The van der Waals surface area contributed by atoms with Gasteiger partial charge in [-0.2, -0.15) is 23.5 Å². The zero-order valence-corrected chi connectivity index (χ0v) is 21.3. The normalized spacial score (nSPS) is 12.3. The number of nitrogens with zero attached hydrogens (tertiary/aromatic N) is 5. The highest BCUT2D eigenvalue weighted by Crippen LogP contribution is 2.32. The lowest BCUT2D eigenvalue weighted by molar-refractivity contribution is -0.141. The van der Waals surface area contributed by atoms with E-state index in [0.29, 0.717) is 28.6 Å². The molecule has 0 aliphatic rings. The Morgan fingerprint density at radius 1 is 1.11 bits per heavy atom. The number of ether oxygens (including phenoxy) is 3. The van der Waals surface area contributed by atoms with E-state index in [1.54, 1.807) is 25.1 Å². The van der Waals surface area contributed by atoms with Gasteiger partial charge in [0.2, 0.25) is 5.88 Å². The third-order valence-corrected chi connectivity index (χ3v) is 5.25. The van der Waals surface area contributed by atoms with E-state index in [-0.39, 0.29) is 28.5 Å². The standard InChI is InChI=1S/C26H25F3N6O3/c1-7-22(18-9-17(13-30)25(38-6)31-14-18)24(35-15(2)8-23(34-35)26(27,28)29)33-16(3)32-19-10-20(36-4)12-21(11-19)37-5/h7-12,14H,1H2,2-6H3,(H,32,33)/b24-22-. The number of methoxy groups -OCH3 is 3. The molecule has 198 valence electrons. The Morgan fingerprint density at radius 3 is 2.26 bits per heavy atom. The molecule has 0 aliphatic heterocycles. The molecule has 0 saturated carbocycles. The summed E-state index contributed by atoms with van der Waals surface area (Å²) < 4.78 is 57.2. The van der Waals surface area contributed by atoms with Gasteiger partial charge in [-0.1, -0.05) is 12.7 Å². The summed E-state index contributed by atoms with van der Waals surface area (Å²) in [5.41, 5.74) is 0.427. The Kier molecular flexibility index (Phi) is 8.42. The molecule has 0 atom stereocenters. The van der Waals surface area contributed by atoms with Crippen LogP contribution < -0.4 is 19.5 Å². The summed E-state index contributed by atoms with van der Waals surface area (Å²) in [6, 6.07) is 9.48. The molecule has 1 aromatic carbocycles. The van der Waals surface area contributed by atoms with Gasteiger partial charge in [0.15, 0.2) is 11.5 Å². The van der Waals surface area contributed by atoms with Gasteiger partial charge >= 0.3 is 6.18 Å². The smallest absolute Gasteiger partial charge is 0.435 e. The minimum Gasteiger partial charge on any atom is -0.497 e. The Hall–Kier alpha value is -4.79. The molecule has 38 heavy (non-hydrogen) atoms. The number of halogens is 3. The lowest BCUT2D eigenvalue weighted by atomic mass is 10.1. The van der Waals surface area contributed by atoms with Crippen LogP contribution in [0, 0.1) is 18.3 Å². The minimum absolute atomic E-state index is 0.0173. The predicted octanol–water partition coefficient (Wildman–Crippen LogP) is 5.55. The van der Waals surface area contributed by atoms with Crippen LogP contribution in [0.4, 0.5) is 18.9 Å². The Labute approximate surface area is 217 Å². The third-order valence-electron chi connectivity index (χ3n) is 5.25. The molecule has 0 radical (unpaired) electrons. The van der Waals surface area contributed by atoms with Gasteiger partial charge in [0.1, 0.15) is 29.0 Å². The molecule has 2 heterocycles. The topological polar surface area (TPSA) is 107 Å². The van der Waals surface area contributed by atoms with Crippen molar-refractivity contribution in [1.29, 1.82) is 5.26 Å². The summed E-state index contributed by atoms with van der Waals surface area (Å²) in [7, 11) is 4.39. The van der Waals surface area contributed by atoms with Gasteiger partial charge < -0.3 is 19.5 Å². The Balaban J connectivity index is 2.24. The monoisotopic (exact) mass is 526 g/mol. The number of anilines is 1. The largest absolute Gasteiger partial charge is 0.497 e. The second kappa shape index (κ2) is 11.5. The van der Waals surface area contributed by atoms with Crippen molar-refractivity contribution in [2.45, 2.75) is 20.0 Å². The first-order chi connectivity index (χ1) is 18.0. The van der Waals surface area contributed by atoms with Crippen molar-refractivity contribution in [2.24, 2.45) is 4.99 Å². The number of hydrogen-bond acceptors (Lipinski definition) is 7. The van der Waals surface area contributed by atoms with Gasteiger partial charge in [0.25, 0.3) is 0 Å². The van der Waals surface area contributed by atoms with E-state index in [9.17, 15) is 18.4 Å². The molecular formula is C26H25F3N6O3. The fourth-order valence-corrected chi connectivity index (χ4v) is 3.50. The predicted molar refractivity (Wildman–Crippen MR) is 137 cm³/mol. The molecule has 0 saturated heterocycles. The lowest BCUT2D eigenvalue weighted by Crippen LogP contribution is -2.12. The van der Waals surface area contributed by atoms with Gasteiger partial charge in [-0.25, -0.2) is 14.7 Å². The number of alkyl halides is 3. The molecule has 12 heteroatoms. The first-order valence-electron chi connectivity index (χ1n) is 11.0. The molecule has 0 unspecified atom stereocenters. The number of nitrogens with one attached hydrogen (secondary N) is 1. The number of allylic oxidation sites excluding steroid dienone is 2. The number of aryl methyl sites for hydroxylation is 1. The summed E-state index contributed by atoms with van der Waals surface area (Å²) in [6.07, 6.45) is -1.86. The van der Waals surface area contributed by atoms with Crippen LogP contribution in [0.25, 0.3) is 11.4 Å². The second-order valence-electron chi connectivity index (χ2n) is 7.84. The number of benzene rings is 1. The zero-order valence-electron chi connectivity index (χ0n) is 21.3. The molecule has 1 N–H and O–H groups in total. The maximum Gasteiger partial charge on any atom is 0.435 e. The van der Waals surface area contributed by atoms with E-state index in [2.05, 4.69) is 27.0 Å². The summed E-state index contributed by atoms with van der Waals surface area (Å²) in [4.78, 5) is 8.71. The summed E-state index contributed by atoms with van der Waals surface area (Å²) in [5.74, 6) is 1.47. The molecule has 3 rings (SSSR count). The number of rotatable bonds is 8. The molecule has 2 aromatic heterocycles. The van der Waals surface area contributed by atoms with Crippen molar-refractivity contribution < 1.29 is 27.4 Å². The fourth-order valence-electron chi connectivity index (χ4n) is 3.50. The van der Waals surface area contributed by atoms with Gasteiger partial charge in [0.05, 0.1) is 21.3 Å². The Bertz CT molecular complexity index is 1430. The summed E-state index contributed by atoms with van der Waals surface area (Å²) in [6.45, 7) is 6.92. The molecule has 3 aromatic rings. The van der Waals surface area contributed by atoms with Crippen molar-refractivity contribution >= 4 is 22.9 Å². The highest BCUT2D eigenvalue weighted by Gasteiger charge is 2.35. The van der Waals surface area contributed by atoms with Crippen molar-refractivity contribution in [3.63, 3.8) is 0 Å². The van der Waals surface area contributed by atoms with Crippen LogP contribution in [0.3, 0.4) is 0 Å². The van der Waals surface area contributed by atoms with Gasteiger partial charge in [-0.3, -0.25) is 0 Å². The van der Waals surface area contributed by atoms with E-state index in [1.807, 2.05) is 6.07 Å². The number of pyridine rings is 1. The van der Waals surface area contributed by atoms with Crippen molar-refractivity contribution in [3.05, 3.63) is 71.7 Å². The average Bonchev–Trinajstić information content (AvgIpc) is 3.29. The van der Waals surface area contributed by atoms with Crippen LogP contribution in [-0.2, 0) is 6.18 Å². The van der Waals surface area contributed by atoms with Crippen LogP contribution in [0.2, 0.25) is 0 Å². The van der Waals surface area contributed by atoms with Crippen molar-refractivity contribution in [1.82, 2.24) is 14.8 Å². The Morgan fingerprint density at radius 2 is 1.76 bits per heavy atom. The van der Waals surface area contributed by atoms with Crippen molar-refractivity contribution in [2.75, 3.05) is 26.6 Å². The number of hydrogen-bond donors (Lipinski definition) is 1. The quantitative estimate of drug-likeness (QED) is 0.233. The van der Waals surface area contributed by atoms with Crippen LogP contribution in [0.5, 0.6) is 17.4 Å². The van der Waals surface area contributed by atoms with E-state index in [1.165, 1.54) is 46.6 Å². The van der Waals surface area contributed by atoms with E-state index in [0.717, 1.165) is 10.7 Å². The molecule has 0 amide bonds.